The molecule has 1 aromatic heterocycles. The number of amides is 1. The number of hydrogen-bond donors (Lipinski definition) is 0. The van der Waals surface area contributed by atoms with Crippen molar-refractivity contribution in [3.63, 3.8) is 0 Å². The quantitative estimate of drug-likeness (QED) is 0.610. The molecule has 0 atom stereocenters. The number of rotatable bonds is 7. The Morgan fingerprint density at radius 2 is 2.00 bits per heavy atom. The zero-order valence-electron chi connectivity index (χ0n) is 19.4. The van der Waals surface area contributed by atoms with Gasteiger partial charge in [-0.3, -0.25) is 0 Å². The molecule has 0 unspecified atom stereocenters. The molecule has 0 aromatic carbocycles. The predicted molar refractivity (Wildman–Crippen MR) is 122 cm³/mol. The molecule has 1 amide bonds. The maximum absolute atomic E-state index is 12.2. The number of piperidine rings is 1. The molecule has 32 heavy (non-hydrogen) atoms. The number of ether oxygens (including phenoxy) is 1. The minimum atomic E-state index is -3.19. The summed E-state index contributed by atoms with van der Waals surface area (Å²) in [7, 11) is -1.19. The number of aromatic nitrogens is 2. The van der Waals surface area contributed by atoms with E-state index in [9.17, 15) is 13.2 Å². The zero-order valence-corrected chi connectivity index (χ0v) is 20.2. The van der Waals surface area contributed by atoms with Crippen LogP contribution in [0.25, 0.3) is 0 Å². The van der Waals surface area contributed by atoms with E-state index in [-0.39, 0.29) is 11.7 Å². The molecular formula is C22H35N5O4S. The molecule has 0 bridgehead atoms. The largest absolute Gasteiger partial charge is 0.443 e. The summed E-state index contributed by atoms with van der Waals surface area (Å²) in [5.41, 5.74) is 1.63. The fraction of sp³-hybridized carbons (Fsp3) is 0.773. The molecule has 4 rings (SSSR count). The molecule has 178 valence electrons. The molecule has 9 nitrogen and oxygen atoms in total. The summed E-state index contributed by atoms with van der Waals surface area (Å²) in [6.45, 7) is 5.27. The van der Waals surface area contributed by atoms with Crippen LogP contribution in [-0.4, -0.2) is 78.8 Å². The molecule has 1 saturated carbocycles. The highest BCUT2D eigenvalue weighted by Crippen LogP contribution is 2.39. The Balaban J connectivity index is 1.20. The van der Waals surface area contributed by atoms with Crippen LogP contribution in [0.1, 0.15) is 56.7 Å². The van der Waals surface area contributed by atoms with Gasteiger partial charge in [0.1, 0.15) is 5.60 Å². The third kappa shape index (κ3) is 5.70. The maximum Gasteiger partial charge on any atom is 0.410 e. The molecule has 10 heteroatoms. The topological polar surface area (TPSA) is 95.9 Å². The molecule has 0 spiro atoms. The standard InChI is InChI=1S/C22H35N5O4S/c1-22(9-10-22)31-21(28)26-12-6-17(7-13-26)5-4-11-25(2)20-23-15-18-16-27(32(3,29)30)14-8-19(18)24-20/h15,17H,4-14,16H2,1-3H3. The van der Waals surface area contributed by atoms with Crippen LogP contribution in [0.5, 0.6) is 0 Å². The van der Waals surface area contributed by atoms with Crippen LogP contribution in [0.15, 0.2) is 6.20 Å². The van der Waals surface area contributed by atoms with Gasteiger partial charge in [0.25, 0.3) is 0 Å². The van der Waals surface area contributed by atoms with Gasteiger partial charge < -0.3 is 14.5 Å². The summed E-state index contributed by atoms with van der Waals surface area (Å²) in [5, 5.41) is 0. The van der Waals surface area contributed by atoms with Crippen molar-refractivity contribution in [3.8, 4) is 0 Å². The summed E-state index contributed by atoms with van der Waals surface area (Å²) in [5.74, 6) is 1.33. The maximum atomic E-state index is 12.2. The van der Waals surface area contributed by atoms with Crippen molar-refractivity contribution in [2.24, 2.45) is 5.92 Å². The van der Waals surface area contributed by atoms with Crippen molar-refractivity contribution in [3.05, 3.63) is 17.5 Å². The number of carbonyl (C=O) groups is 1. The van der Waals surface area contributed by atoms with Crippen molar-refractivity contribution >= 4 is 22.1 Å². The second-order valence-corrected chi connectivity index (χ2v) is 11.8. The van der Waals surface area contributed by atoms with Gasteiger partial charge in [-0.1, -0.05) is 0 Å². The molecular weight excluding hydrogens is 430 g/mol. The molecule has 3 aliphatic rings. The van der Waals surface area contributed by atoms with Gasteiger partial charge >= 0.3 is 6.09 Å². The lowest BCUT2D eigenvalue weighted by Gasteiger charge is -2.32. The zero-order chi connectivity index (χ0) is 22.9. The van der Waals surface area contributed by atoms with Crippen LogP contribution in [0.3, 0.4) is 0 Å². The number of hydrogen-bond acceptors (Lipinski definition) is 7. The van der Waals surface area contributed by atoms with E-state index in [4.69, 9.17) is 9.72 Å². The number of nitrogens with zero attached hydrogens (tertiary/aromatic N) is 5. The highest BCUT2D eigenvalue weighted by molar-refractivity contribution is 7.88. The van der Waals surface area contributed by atoms with Crippen LogP contribution in [0.4, 0.5) is 10.7 Å². The van der Waals surface area contributed by atoms with Crippen LogP contribution in [-0.2, 0) is 27.7 Å². The van der Waals surface area contributed by atoms with E-state index in [0.29, 0.717) is 31.4 Å². The van der Waals surface area contributed by atoms with Crippen molar-refractivity contribution in [2.45, 2.75) is 64.0 Å². The summed E-state index contributed by atoms with van der Waals surface area (Å²) in [4.78, 5) is 25.3. The van der Waals surface area contributed by atoms with Crippen molar-refractivity contribution in [1.29, 1.82) is 0 Å². The molecule has 1 aromatic rings. The second kappa shape index (κ2) is 9.13. The van der Waals surface area contributed by atoms with Crippen LogP contribution < -0.4 is 4.90 Å². The summed E-state index contributed by atoms with van der Waals surface area (Å²) in [6.07, 6.45) is 9.67. The molecule has 0 radical (unpaired) electrons. The lowest BCUT2D eigenvalue weighted by atomic mass is 9.92. The van der Waals surface area contributed by atoms with Crippen molar-refractivity contribution in [2.75, 3.05) is 44.4 Å². The van der Waals surface area contributed by atoms with Gasteiger partial charge in [-0.15, -0.1) is 0 Å². The van der Waals surface area contributed by atoms with Crippen molar-refractivity contribution < 1.29 is 17.9 Å². The highest BCUT2D eigenvalue weighted by atomic mass is 32.2. The minimum absolute atomic E-state index is 0.146. The second-order valence-electron chi connectivity index (χ2n) is 9.80. The number of sulfonamides is 1. The molecule has 3 heterocycles. The average molecular weight is 466 g/mol. The lowest BCUT2D eigenvalue weighted by Crippen LogP contribution is -2.40. The van der Waals surface area contributed by atoms with Gasteiger partial charge in [-0.05, 0) is 51.4 Å². The van der Waals surface area contributed by atoms with Gasteiger partial charge in [0.15, 0.2) is 0 Å². The first-order valence-electron chi connectivity index (χ1n) is 11.6. The van der Waals surface area contributed by atoms with Crippen LogP contribution in [0.2, 0.25) is 0 Å². The van der Waals surface area contributed by atoms with E-state index in [0.717, 1.165) is 69.4 Å². The Morgan fingerprint density at radius 1 is 1.28 bits per heavy atom. The number of anilines is 1. The van der Waals surface area contributed by atoms with E-state index in [1.165, 1.54) is 10.6 Å². The Morgan fingerprint density at radius 3 is 2.66 bits per heavy atom. The highest BCUT2D eigenvalue weighted by Gasteiger charge is 2.43. The van der Waals surface area contributed by atoms with E-state index in [1.54, 1.807) is 6.20 Å². The first kappa shape index (κ1) is 23.2. The number of fused-ring (bicyclic) bond motifs is 1. The Kier molecular flexibility index (Phi) is 6.63. The predicted octanol–water partition coefficient (Wildman–Crippen LogP) is 2.41. The third-order valence-corrected chi connectivity index (χ3v) is 8.21. The fourth-order valence-electron chi connectivity index (χ4n) is 4.42. The van der Waals surface area contributed by atoms with Crippen molar-refractivity contribution in [1.82, 2.24) is 19.2 Å². The normalized spacial score (nSPS) is 21.2. The van der Waals surface area contributed by atoms with Crippen LogP contribution >= 0.6 is 0 Å². The summed E-state index contributed by atoms with van der Waals surface area (Å²) < 4.78 is 30.6. The van der Waals surface area contributed by atoms with Gasteiger partial charge in [0, 0.05) is 58.0 Å². The summed E-state index contributed by atoms with van der Waals surface area (Å²) in [6, 6.07) is 0. The van der Waals surface area contributed by atoms with E-state index in [2.05, 4.69) is 9.88 Å². The first-order valence-corrected chi connectivity index (χ1v) is 13.5. The van der Waals surface area contributed by atoms with E-state index >= 15 is 0 Å². The van der Waals surface area contributed by atoms with E-state index < -0.39 is 10.0 Å². The third-order valence-electron chi connectivity index (χ3n) is 6.96. The molecule has 1 aliphatic carbocycles. The molecule has 0 N–H and O–H groups in total. The number of carbonyl (C=O) groups excluding carboxylic acids is 1. The van der Waals surface area contributed by atoms with Gasteiger partial charge in [0.05, 0.1) is 11.9 Å². The van der Waals surface area contributed by atoms with Gasteiger partial charge in [-0.25, -0.2) is 23.2 Å². The Labute approximate surface area is 191 Å². The monoisotopic (exact) mass is 465 g/mol. The lowest BCUT2D eigenvalue weighted by molar-refractivity contribution is 0.0484. The molecule has 2 fully saturated rings. The average Bonchev–Trinajstić information content (AvgIpc) is 3.49. The number of likely N-dealkylation sites (tertiary alicyclic amines) is 1. The Bertz CT molecular complexity index is 942. The van der Waals surface area contributed by atoms with Crippen LogP contribution in [0, 0.1) is 5.92 Å². The minimum Gasteiger partial charge on any atom is -0.443 e. The van der Waals surface area contributed by atoms with E-state index in [1.807, 2.05) is 18.9 Å². The smallest absolute Gasteiger partial charge is 0.410 e. The molecule has 2 aliphatic heterocycles. The fourth-order valence-corrected chi connectivity index (χ4v) is 5.22. The van der Waals surface area contributed by atoms with Gasteiger partial charge in [-0.2, -0.15) is 4.31 Å². The first-order chi connectivity index (χ1) is 15.1. The Hall–Kier alpha value is -1.94. The molecule has 1 saturated heterocycles. The summed E-state index contributed by atoms with van der Waals surface area (Å²) >= 11 is 0. The van der Waals surface area contributed by atoms with Gasteiger partial charge in [0.2, 0.25) is 16.0 Å². The SMILES string of the molecule is CN(CCCC1CCN(C(=O)OC2(C)CC2)CC1)c1ncc2c(n1)CCN(S(C)(=O)=O)C2.